The van der Waals surface area contributed by atoms with E-state index in [1.165, 1.54) is 41.1 Å². The second kappa shape index (κ2) is 8.45. The molecular weight excluding hydrogens is 593 g/mol. The van der Waals surface area contributed by atoms with Crippen molar-refractivity contribution in [3.05, 3.63) is 103 Å². The van der Waals surface area contributed by atoms with Crippen molar-refractivity contribution >= 4 is 107 Å². The van der Waals surface area contributed by atoms with Crippen LogP contribution in [0.15, 0.2) is 70.3 Å². The van der Waals surface area contributed by atoms with Crippen LogP contribution in [0, 0.1) is 27.7 Å². The van der Waals surface area contributed by atoms with Gasteiger partial charge in [0.1, 0.15) is 0 Å². The van der Waals surface area contributed by atoms with Crippen LogP contribution in [0.1, 0.15) is 22.3 Å². The van der Waals surface area contributed by atoms with Crippen molar-refractivity contribution in [1.82, 2.24) is 0 Å². The van der Waals surface area contributed by atoms with Crippen molar-refractivity contribution in [2.24, 2.45) is 0 Å². The first kappa shape index (κ1) is 24.9. The molecule has 0 radical (unpaired) electrons. The van der Waals surface area contributed by atoms with Gasteiger partial charge in [-0.1, -0.05) is 35.4 Å². The standard InChI is InChI=1S/C36H22O2S4/c1-15-5-7-23-19(9-15)11-25(39-23)27-13-21-33(37)29-18(4)32-30(17(3)31(29)35(21)41-27)34(38)22-14-28(42-36(22)32)26-12-20-10-16(2)6-8-24(20)40-26/h5-14H,1-4H3. The molecule has 0 unspecified atom stereocenters. The van der Waals surface area contributed by atoms with Gasteiger partial charge in [0, 0.05) is 70.6 Å². The fraction of sp³-hybridized carbons (Fsp3) is 0.111. The van der Waals surface area contributed by atoms with Gasteiger partial charge in [0.2, 0.25) is 0 Å². The fourth-order valence-electron chi connectivity index (χ4n) is 6.71. The number of hydrogen-bond donors (Lipinski definition) is 0. The highest BCUT2D eigenvalue weighted by atomic mass is 32.1. The Hall–Kier alpha value is -3.68. The predicted octanol–water partition coefficient (Wildman–Crippen LogP) is 11.0. The Morgan fingerprint density at radius 1 is 0.452 bits per heavy atom. The Balaban J connectivity index is 1.28. The lowest BCUT2D eigenvalue weighted by Crippen LogP contribution is -2.00. The van der Waals surface area contributed by atoms with Crippen molar-refractivity contribution in [2.45, 2.75) is 27.7 Å². The lowest BCUT2D eigenvalue weighted by molar-refractivity contribution is 1.51. The Morgan fingerprint density at radius 2 is 0.857 bits per heavy atom. The van der Waals surface area contributed by atoms with E-state index in [4.69, 9.17) is 0 Å². The average Bonchev–Trinajstić information content (AvgIpc) is 3.78. The first-order valence-corrected chi connectivity index (χ1v) is 17.1. The summed E-state index contributed by atoms with van der Waals surface area (Å²) in [7, 11) is 0. The fourth-order valence-corrected chi connectivity index (χ4v) is 11.5. The monoisotopic (exact) mass is 614 g/mol. The van der Waals surface area contributed by atoms with Crippen LogP contribution in [0.5, 0.6) is 0 Å². The van der Waals surface area contributed by atoms with Crippen LogP contribution in [-0.4, -0.2) is 0 Å². The lowest BCUT2D eigenvalue weighted by atomic mass is 9.99. The third-order valence-electron chi connectivity index (χ3n) is 8.69. The van der Waals surface area contributed by atoms with Crippen molar-refractivity contribution in [3.63, 3.8) is 0 Å². The van der Waals surface area contributed by atoms with Crippen LogP contribution < -0.4 is 10.9 Å². The van der Waals surface area contributed by atoms with Crippen LogP contribution in [0.3, 0.4) is 0 Å². The minimum atomic E-state index is 0.0837. The van der Waals surface area contributed by atoms with Gasteiger partial charge in [-0.2, -0.15) is 0 Å². The van der Waals surface area contributed by atoms with E-state index in [2.05, 4.69) is 74.5 Å². The van der Waals surface area contributed by atoms with Crippen LogP contribution in [-0.2, 0) is 0 Å². The molecule has 9 rings (SSSR count). The topological polar surface area (TPSA) is 34.1 Å². The maximum Gasteiger partial charge on any atom is 0.195 e. The van der Waals surface area contributed by atoms with E-state index < -0.39 is 0 Å². The Labute approximate surface area is 256 Å². The summed E-state index contributed by atoms with van der Waals surface area (Å²) < 4.78 is 4.52. The summed E-state index contributed by atoms with van der Waals surface area (Å²) in [6.45, 7) is 8.29. The Kier molecular flexibility index (Phi) is 5.01. The van der Waals surface area contributed by atoms with Gasteiger partial charge in [-0.25, -0.2) is 0 Å². The first-order chi connectivity index (χ1) is 20.3. The molecule has 0 saturated carbocycles. The minimum absolute atomic E-state index is 0.0837. The van der Waals surface area contributed by atoms with Gasteiger partial charge in [-0.05, 0) is 86.0 Å². The molecular formula is C36H22O2S4. The van der Waals surface area contributed by atoms with Crippen LogP contribution in [0.4, 0.5) is 0 Å². The highest BCUT2D eigenvalue weighted by molar-refractivity contribution is 7.29. The summed E-state index contributed by atoms with van der Waals surface area (Å²) in [5, 5.41) is 7.50. The van der Waals surface area contributed by atoms with Crippen molar-refractivity contribution in [3.8, 4) is 19.5 Å². The zero-order chi connectivity index (χ0) is 28.6. The molecule has 4 aromatic heterocycles. The number of aryl methyl sites for hydroxylation is 4. The molecule has 0 bridgehead atoms. The summed E-state index contributed by atoms with van der Waals surface area (Å²) in [6.07, 6.45) is 0. The highest BCUT2D eigenvalue weighted by Gasteiger charge is 2.26. The van der Waals surface area contributed by atoms with Gasteiger partial charge in [0.05, 0.1) is 0 Å². The van der Waals surface area contributed by atoms with Gasteiger partial charge in [-0.15, -0.1) is 45.3 Å². The van der Waals surface area contributed by atoms with Crippen LogP contribution in [0.2, 0.25) is 0 Å². The van der Waals surface area contributed by atoms with E-state index in [0.29, 0.717) is 0 Å². The van der Waals surface area contributed by atoms with E-state index >= 15 is 0 Å². The number of hydrogen-bond acceptors (Lipinski definition) is 6. The SMILES string of the molecule is Cc1ccc2sc(-c3cc4c(=O)c5c(C)c6c(c(C)c5c4s3)c(=O)c3cc(-c4cc5cc(C)ccc5s4)sc36)cc2c1. The molecule has 0 amide bonds. The molecule has 5 aromatic carbocycles. The third kappa shape index (κ3) is 3.24. The zero-order valence-electron chi connectivity index (χ0n) is 23.2. The lowest BCUT2D eigenvalue weighted by Gasteiger charge is -2.05. The molecule has 202 valence electrons. The summed E-state index contributed by atoms with van der Waals surface area (Å²) in [6, 6.07) is 21.7. The second-order valence-corrected chi connectivity index (χ2v) is 15.7. The Bertz CT molecular complexity index is 2530. The van der Waals surface area contributed by atoms with Gasteiger partial charge < -0.3 is 0 Å². The molecule has 0 aliphatic carbocycles. The molecule has 0 fully saturated rings. The second-order valence-electron chi connectivity index (χ2n) is 11.4. The van der Waals surface area contributed by atoms with E-state index in [1.807, 2.05) is 13.8 Å². The molecule has 4 heterocycles. The van der Waals surface area contributed by atoms with Gasteiger partial charge >= 0.3 is 0 Å². The third-order valence-corrected chi connectivity index (χ3v) is 13.6. The summed E-state index contributed by atoms with van der Waals surface area (Å²) in [4.78, 5) is 32.6. The number of rotatable bonds is 2. The van der Waals surface area contributed by atoms with E-state index in [1.54, 1.807) is 45.3 Å². The maximum atomic E-state index is 14.0. The van der Waals surface area contributed by atoms with Gasteiger partial charge in [0.25, 0.3) is 0 Å². The molecule has 0 N–H and O–H groups in total. The van der Waals surface area contributed by atoms with Crippen molar-refractivity contribution < 1.29 is 0 Å². The van der Waals surface area contributed by atoms with Gasteiger partial charge in [0.15, 0.2) is 10.9 Å². The zero-order valence-corrected chi connectivity index (χ0v) is 26.5. The maximum absolute atomic E-state index is 14.0. The quantitative estimate of drug-likeness (QED) is 0.194. The first-order valence-electron chi connectivity index (χ1n) is 13.8. The number of benzene rings is 3. The molecule has 2 nitrogen and oxygen atoms in total. The number of fused-ring (bicyclic) bond motifs is 8. The molecule has 0 spiro atoms. The highest BCUT2D eigenvalue weighted by Crippen LogP contribution is 2.47. The molecule has 6 heteroatoms. The summed E-state index contributed by atoms with van der Waals surface area (Å²) in [5.74, 6) is 0. The normalized spacial score (nSPS) is 12.5. The van der Waals surface area contributed by atoms with Crippen LogP contribution >= 0.6 is 45.3 Å². The van der Waals surface area contributed by atoms with Crippen LogP contribution in [0.25, 0.3) is 81.4 Å². The van der Waals surface area contributed by atoms with E-state index in [0.717, 1.165) is 62.6 Å². The average molecular weight is 615 g/mol. The molecule has 0 aliphatic heterocycles. The molecule has 0 atom stereocenters. The summed E-state index contributed by atoms with van der Waals surface area (Å²) in [5.41, 5.74) is 4.53. The van der Waals surface area contributed by atoms with Crippen molar-refractivity contribution in [2.75, 3.05) is 0 Å². The predicted molar refractivity (Wildman–Crippen MR) is 188 cm³/mol. The molecule has 0 saturated heterocycles. The van der Waals surface area contributed by atoms with Gasteiger partial charge in [-0.3, -0.25) is 9.59 Å². The molecule has 9 aromatic rings. The minimum Gasteiger partial charge on any atom is -0.289 e. The number of thiophene rings is 4. The van der Waals surface area contributed by atoms with E-state index in [-0.39, 0.29) is 10.9 Å². The summed E-state index contributed by atoms with van der Waals surface area (Å²) >= 11 is 6.90. The molecule has 42 heavy (non-hydrogen) atoms. The Morgan fingerprint density at radius 3 is 1.29 bits per heavy atom. The molecule has 0 aliphatic rings. The smallest absolute Gasteiger partial charge is 0.195 e. The van der Waals surface area contributed by atoms with Crippen molar-refractivity contribution in [1.29, 1.82) is 0 Å². The van der Waals surface area contributed by atoms with E-state index in [9.17, 15) is 9.59 Å². The largest absolute Gasteiger partial charge is 0.289 e.